The number of rotatable bonds is 3. The van der Waals surface area contributed by atoms with E-state index in [1.165, 1.54) is 36.6 Å². The van der Waals surface area contributed by atoms with Gasteiger partial charge in [-0.05, 0) is 25.0 Å². The number of amides is 2. The minimum atomic E-state index is -4.70. The summed E-state index contributed by atoms with van der Waals surface area (Å²) in [5.74, 6) is -0.700. The van der Waals surface area contributed by atoms with E-state index in [1.807, 2.05) is 0 Å². The lowest BCUT2D eigenvalue weighted by Gasteiger charge is -2.31. The molecule has 1 fully saturated rings. The van der Waals surface area contributed by atoms with Crippen LogP contribution in [-0.4, -0.2) is 45.2 Å². The Labute approximate surface area is 179 Å². The zero-order chi connectivity index (χ0) is 22.3. The highest BCUT2D eigenvalue weighted by atomic mass is 35.5. The molecule has 0 aromatic carbocycles. The zero-order valence-corrected chi connectivity index (χ0v) is 17.1. The normalized spacial score (nSPS) is 15.5. The first-order valence-corrected chi connectivity index (χ1v) is 9.90. The van der Waals surface area contributed by atoms with E-state index in [-0.39, 0.29) is 28.4 Å². The number of aromatic nitrogens is 2. The number of imidazole rings is 1. The largest absolute Gasteiger partial charge is 0.472 e. The number of fused-ring (bicyclic) bond motifs is 1. The summed E-state index contributed by atoms with van der Waals surface area (Å²) in [6.07, 6.45) is 0.431. The van der Waals surface area contributed by atoms with E-state index in [9.17, 15) is 22.8 Å². The van der Waals surface area contributed by atoms with Crippen molar-refractivity contribution in [3.8, 4) is 11.1 Å². The van der Waals surface area contributed by atoms with Gasteiger partial charge in [-0.3, -0.25) is 14.0 Å². The number of carbonyl (C=O) groups excluding carboxylic acids is 2. The molecule has 0 radical (unpaired) electrons. The van der Waals surface area contributed by atoms with Gasteiger partial charge in [0.2, 0.25) is 5.91 Å². The first kappa shape index (κ1) is 21.2. The lowest BCUT2D eigenvalue weighted by molar-refractivity contribution is -0.136. The molecule has 2 amide bonds. The van der Waals surface area contributed by atoms with Gasteiger partial charge in [0.1, 0.15) is 5.15 Å². The van der Waals surface area contributed by atoms with Crippen molar-refractivity contribution < 1.29 is 27.2 Å². The van der Waals surface area contributed by atoms with Crippen LogP contribution in [0.25, 0.3) is 16.8 Å². The highest BCUT2D eigenvalue weighted by molar-refractivity contribution is 6.33. The average molecular weight is 455 g/mol. The van der Waals surface area contributed by atoms with Crippen molar-refractivity contribution in [2.24, 2.45) is 0 Å². The van der Waals surface area contributed by atoms with Gasteiger partial charge in [0, 0.05) is 43.4 Å². The number of carbonyl (C=O) groups is 2. The Morgan fingerprint density at radius 1 is 1.26 bits per heavy atom. The number of nitrogens with one attached hydrogen (secondary N) is 1. The van der Waals surface area contributed by atoms with Crippen molar-refractivity contribution in [1.29, 1.82) is 0 Å². The summed E-state index contributed by atoms with van der Waals surface area (Å²) < 4.78 is 47.2. The van der Waals surface area contributed by atoms with E-state index in [4.69, 9.17) is 16.0 Å². The maximum atomic E-state index is 13.7. The second-order valence-corrected chi connectivity index (χ2v) is 7.72. The molecule has 0 saturated carbocycles. The number of hydrogen-bond donors (Lipinski definition) is 1. The highest BCUT2D eigenvalue weighted by Gasteiger charge is 2.37. The Morgan fingerprint density at radius 3 is 2.55 bits per heavy atom. The monoisotopic (exact) mass is 454 g/mol. The van der Waals surface area contributed by atoms with Gasteiger partial charge in [0.25, 0.3) is 5.91 Å². The Kier molecular flexibility index (Phi) is 5.42. The molecule has 0 aliphatic carbocycles. The molecule has 1 aliphatic heterocycles. The predicted molar refractivity (Wildman–Crippen MR) is 106 cm³/mol. The van der Waals surface area contributed by atoms with E-state index in [2.05, 4.69) is 10.3 Å². The first-order valence-electron chi connectivity index (χ1n) is 9.53. The average Bonchev–Trinajstić information content (AvgIpc) is 3.35. The number of alkyl halides is 3. The standard InChI is InChI=1S/C20H18ClF3N4O3/c1-11(29)25-14-2-5-27(6-3-14)19(30)16-17(21)28-9-13(12-4-7-31-10-12)8-15(18(28)26-16)20(22,23)24/h4,7-10,14H,2-3,5-6H2,1H3,(H,25,29). The summed E-state index contributed by atoms with van der Waals surface area (Å²) in [5, 5.41) is 2.61. The van der Waals surface area contributed by atoms with Crippen molar-refractivity contribution in [2.45, 2.75) is 32.0 Å². The molecular weight excluding hydrogens is 437 g/mol. The number of pyridine rings is 1. The Morgan fingerprint density at radius 2 is 1.97 bits per heavy atom. The van der Waals surface area contributed by atoms with Gasteiger partial charge in [-0.25, -0.2) is 4.98 Å². The molecular formula is C20H18ClF3N4O3. The van der Waals surface area contributed by atoms with Crippen molar-refractivity contribution in [3.05, 3.63) is 47.3 Å². The smallest absolute Gasteiger partial charge is 0.420 e. The van der Waals surface area contributed by atoms with Gasteiger partial charge in [0.05, 0.1) is 18.1 Å². The summed E-state index contributed by atoms with van der Waals surface area (Å²) in [6.45, 7) is 2.09. The second kappa shape index (κ2) is 7.92. The topological polar surface area (TPSA) is 79.8 Å². The summed E-state index contributed by atoms with van der Waals surface area (Å²) in [5.41, 5.74) is -1.03. The van der Waals surface area contributed by atoms with Crippen LogP contribution in [0.3, 0.4) is 0 Å². The van der Waals surface area contributed by atoms with Crippen LogP contribution in [-0.2, 0) is 11.0 Å². The van der Waals surface area contributed by atoms with E-state index in [0.717, 1.165) is 10.5 Å². The van der Waals surface area contributed by atoms with Gasteiger partial charge in [-0.1, -0.05) is 11.6 Å². The third-order valence-corrected chi connectivity index (χ3v) is 5.57. The van der Waals surface area contributed by atoms with Gasteiger partial charge in [-0.15, -0.1) is 0 Å². The molecule has 11 heteroatoms. The SMILES string of the molecule is CC(=O)NC1CCN(C(=O)c2nc3c(C(F)(F)F)cc(-c4ccoc4)cn3c2Cl)CC1. The Hall–Kier alpha value is -3.01. The molecule has 4 heterocycles. The third kappa shape index (κ3) is 4.12. The third-order valence-electron chi connectivity index (χ3n) is 5.21. The van der Waals surface area contributed by atoms with Crippen LogP contribution in [0.15, 0.2) is 35.3 Å². The fraction of sp³-hybridized carbons (Fsp3) is 0.350. The molecule has 0 atom stereocenters. The maximum absolute atomic E-state index is 13.7. The zero-order valence-electron chi connectivity index (χ0n) is 16.4. The fourth-order valence-electron chi connectivity index (χ4n) is 3.71. The van der Waals surface area contributed by atoms with Gasteiger partial charge in [0.15, 0.2) is 11.3 Å². The second-order valence-electron chi connectivity index (χ2n) is 7.36. The molecule has 0 unspecified atom stereocenters. The molecule has 164 valence electrons. The predicted octanol–water partition coefficient (Wildman–Crippen LogP) is 4.01. The van der Waals surface area contributed by atoms with E-state index >= 15 is 0 Å². The minimum Gasteiger partial charge on any atom is -0.472 e. The van der Waals surface area contributed by atoms with Crippen LogP contribution in [0.1, 0.15) is 35.8 Å². The number of likely N-dealkylation sites (tertiary alicyclic amines) is 1. The highest BCUT2D eigenvalue weighted by Crippen LogP contribution is 2.37. The fourth-order valence-corrected chi connectivity index (χ4v) is 3.96. The first-order chi connectivity index (χ1) is 14.6. The number of halogens is 4. The van der Waals surface area contributed by atoms with Crippen molar-refractivity contribution >= 4 is 29.1 Å². The van der Waals surface area contributed by atoms with Crippen molar-refractivity contribution in [3.63, 3.8) is 0 Å². The van der Waals surface area contributed by atoms with Gasteiger partial charge < -0.3 is 14.6 Å². The number of furan rings is 1. The van der Waals surface area contributed by atoms with Crippen LogP contribution >= 0.6 is 11.6 Å². The Bertz CT molecular complexity index is 1130. The van der Waals surface area contributed by atoms with Crippen LogP contribution < -0.4 is 5.32 Å². The lowest BCUT2D eigenvalue weighted by atomic mass is 10.0. The molecule has 0 spiro atoms. The molecule has 0 bridgehead atoms. The quantitative estimate of drug-likeness (QED) is 0.648. The van der Waals surface area contributed by atoms with Crippen molar-refractivity contribution in [2.75, 3.05) is 13.1 Å². The van der Waals surface area contributed by atoms with E-state index in [1.54, 1.807) is 0 Å². The number of piperidine rings is 1. The molecule has 1 aliphatic rings. The van der Waals surface area contributed by atoms with Crippen LogP contribution in [0.4, 0.5) is 13.2 Å². The lowest BCUT2D eigenvalue weighted by Crippen LogP contribution is -2.46. The Balaban J connectivity index is 1.70. The van der Waals surface area contributed by atoms with Gasteiger partial charge in [-0.2, -0.15) is 13.2 Å². The van der Waals surface area contributed by atoms with Crippen LogP contribution in [0, 0.1) is 0 Å². The number of hydrogen-bond acceptors (Lipinski definition) is 4. The molecule has 1 saturated heterocycles. The molecule has 1 N–H and O–H groups in total. The summed E-state index contributed by atoms with van der Waals surface area (Å²) >= 11 is 6.33. The minimum absolute atomic E-state index is 0.0487. The molecule has 3 aromatic heterocycles. The van der Waals surface area contributed by atoms with Crippen LogP contribution in [0.5, 0.6) is 0 Å². The summed E-state index contributed by atoms with van der Waals surface area (Å²) in [4.78, 5) is 29.6. The van der Waals surface area contributed by atoms with Crippen LogP contribution in [0.2, 0.25) is 5.15 Å². The molecule has 3 aromatic rings. The molecule has 7 nitrogen and oxygen atoms in total. The van der Waals surface area contributed by atoms with Gasteiger partial charge >= 0.3 is 6.18 Å². The van der Waals surface area contributed by atoms with Crippen molar-refractivity contribution in [1.82, 2.24) is 19.6 Å². The summed E-state index contributed by atoms with van der Waals surface area (Å²) in [7, 11) is 0. The number of nitrogens with zero attached hydrogens (tertiary/aromatic N) is 3. The van der Waals surface area contributed by atoms with E-state index in [0.29, 0.717) is 31.5 Å². The van der Waals surface area contributed by atoms with E-state index < -0.39 is 23.3 Å². The molecule has 31 heavy (non-hydrogen) atoms. The molecule has 4 rings (SSSR count). The maximum Gasteiger partial charge on any atom is 0.420 e. The summed E-state index contributed by atoms with van der Waals surface area (Å²) in [6, 6.07) is 2.43.